The van der Waals surface area contributed by atoms with E-state index in [1.807, 2.05) is 0 Å². The van der Waals surface area contributed by atoms with Crippen molar-refractivity contribution in [3.8, 4) is 0 Å². The molecule has 0 aliphatic heterocycles. The minimum atomic E-state index is -0.292. The van der Waals surface area contributed by atoms with Gasteiger partial charge in [-0.25, -0.2) is 4.79 Å². The summed E-state index contributed by atoms with van der Waals surface area (Å²) in [6, 6.07) is 0. The van der Waals surface area contributed by atoms with E-state index in [9.17, 15) is 4.79 Å². The summed E-state index contributed by atoms with van der Waals surface area (Å²) in [6.07, 6.45) is 2.95. The van der Waals surface area contributed by atoms with Gasteiger partial charge in [-0.2, -0.15) is 0 Å². The van der Waals surface area contributed by atoms with Crippen molar-refractivity contribution in [2.75, 3.05) is 33.0 Å². The van der Waals surface area contributed by atoms with Gasteiger partial charge in [0.05, 0.1) is 6.61 Å². The van der Waals surface area contributed by atoms with Gasteiger partial charge in [-0.05, 0) is 26.2 Å². The first kappa shape index (κ1) is 14.4. The molecule has 0 N–H and O–H groups in total. The normalized spacial score (nSPS) is 10.3. The Morgan fingerprint density at radius 2 is 1.67 bits per heavy atom. The standard InChI is InChI=1S/C11H22O4/c1-3-7-13-8-5-6-9-14-10-11(12)15-4-2/h3-10H2,1-2H3. The van der Waals surface area contributed by atoms with Gasteiger partial charge in [0.2, 0.25) is 0 Å². The van der Waals surface area contributed by atoms with Crippen LogP contribution in [0.1, 0.15) is 33.1 Å². The van der Waals surface area contributed by atoms with Crippen molar-refractivity contribution in [2.24, 2.45) is 0 Å². The Morgan fingerprint density at radius 1 is 1.00 bits per heavy atom. The molecule has 0 aromatic heterocycles. The van der Waals surface area contributed by atoms with Gasteiger partial charge in [-0.15, -0.1) is 0 Å². The fraction of sp³-hybridized carbons (Fsp3) is 0.909. The summed E-state index contributed by atoms with van der Waals surface area (Å²) in [5, 5.41) is 0. The zero-order chi connectivity index (χ0) is 11.4. The molecule has 0 aromatic rings. The van der Waals surface area contributed by atoms with Crippen LogP contribution in [0.15, 0.2) is 0 Å². The van der Waals surface area contributed by atoms with E-state index in [-0.39, 0.29) is 12.6 Å². The Kier molecular flexibility index (Phi) is 11.0. The lowest BCUT2D eigenvalue weighted by Gasteiger charge is -2.04. The van der Waals surface area contributed by atoms with E-state index in [0.717, 1.165) is 32.5 Å². The summed E-state index contributed by atoms with van der Waals surface area (Å²) in [5.74, 6) is -0.292. The molecule has 0 spiro atoms. The maximum Gasteiger partial charge on any atom is 0.332 e. The van der Waals surface area contributed by atoms with Crippen molar-refractivity contribution < 1.29 is 19.0 Å². The summed E-state index contributed by atoms with van der Waals surface area (Å²) in [6.45, 7) is 6.52. The summed E-state index contributed by atoms with van der Waals surface area (Å²) >= 11 is 0. The zero-order valence-corrected chi connectivity index (χ0v) is 9.79. The van der Waals surface area contributed by atoms with Crippen LogP contribution >= 0.6 is 0 Å². The first-order valence-electron chi connectivity index (χ1n) is 5.62. The van der Waals surface area contributed by atoms with Gasteiger partial charge >= 0.3 is 5.97 Å². The number of rotatable bonds is 10. The van der Waals surface area contributed by atoms with Crippen LogP contribution in [0, 0.1) is 0 Å². The number of hydrogen-bond acceptors (Lipinski definition) is 4. The van der Waals surface area contributed by atoms with Gasteiger partial charge in [0.25, 0.3) is 0 Å². The average Bonchev–Trinajstić information content (AvgIpc) is 2.22. The molecule has 0 amide bonds. The van der Waals surface area contributed by atoms with Crippen molar-refractivity contribution in [2.45, 2.75) is 33.1 Å². The molecule has 4 heteroatoms. The van der Waals surface area contributed by atoms with Crippen LogP contribution in [0.2, 0.25) is 0 Å². The van der Waals surface area contributed by atoms with E-state index in [0.29, 0.717) is 13.2 Å². The van der Waals surface area contributed by atoms with Crippen LogP contribution in [0.4, 0.5) is 0 Å². The van der Waals surface area contributed by atoms with E-state index >= 15 is 0 Å². The highest BCUT2D eigenvalue weighted by Gasteiger charge is 2.00. The van der Waals surface area contributed by atoms with E-state index in [1.54, 1.807) is 6.92 Å². The molecule has 0 aliphatic carbocycles. The van der Waals surface area contributed by atoms with Crippen molar-refractivity contribution >= 4 is 5.97 Å². The van der Waals surface area contributed by atoms with Crippen LogP contribution in [-0.2, 0) is 19.0 Å². The van der Waals surface area contributed by atoms with E-state index in [4.69, 9.17) is 14.2 Å². The monoisotopic (exact) mass is 218 g/mol. The third kappa shape index (κ3) is 11.3. The summed E-state index contributed by atoms with van der Waals surface area (Å²) in [5.41, 5.74) is 0. The van der Waals surface area contributed by atoms with Crippen molar-refractivity contribution in [1.82, 2.24) is 0 Å². The first-order chi connectivity index (χ1) is 7.31. The molecule has 4 nitrogen and oxygen atoms in total. The number of hydrogen-bond donors (Lipinski definition) is 0. The highest BCUT2D eigenvalue weighted by atomic mass is 16.6. The second kappa shape index (κ2) is 11.5. The SMILES string of the molecule is CCCOCCCCOCC(=O)OCC. The van der Waals surface area contributed by atoms with Crippen molar-refractivity contribution in [1.29, 1.82) is 0 Å². The Labute approximate surface area is 91.9 Å². The third-order valence-electron chi connectivity index (χ3n) is 1.70. The molecule has 0 unspecified atom stereocenters. The van der Waals surface area contributed by atoms with Crippen molar-refractivity contribution in [3.05, 3.63) is 0 Å². The second-order valence-corrected chi connectivity index (χ2v) is 3.18. The van der Waals surface area contributed by atoms with Gasteiger partial charge in [0.15, 0.2) is 0 Å². The lowest BCUT2D eigenvalue weighted by molar-refractivity contribution is -0.148. The van der Waals surface area contributed by atoms with Crippen LogP contribution in [0.3, 0.4) is 0 Å². The Bertz CT molecular complexity index is 148. The van der Waals surface area contributed by atoms with E-state index < -0.39 is 0 Å². The lowest BCUT2D eigenvalue weighted by Crippen LogP contribution is -2.13. The van der Waals surface area contributed by atoms with Crippen LogP contribution in [0.5, 0.6) is 0 Å². The molecule has 0 heterocycles. The smallest absolute Gasteiger partial charge is 0.332 e. The predicted octanol–water partition coefficient (Wildman–Crippen LogP) is 1.77. The number of ether oxygens (including phenoxy) is 3. The first-order valence-corrected chi connectivity index (χ1v) is 5.62. The average molecular weight is 218 g/mol. The fourth-order valence-corrected chi connectivity index (χ4v) is 1.01. The van der Waals surface area contributed by atoms with Crippen LogP contribution in [0.25, 0.3) is 0 Å². The molecule has 0 atom stereocenters. The van der Waals surface area contributed by atoms with Gasteiger partial charge in [0, 0.05) is 19.8 Å². The molecular weight excluding hydrogens is 196 g/mol. The summed E-state index contributed by atoms with van der Waals surface area (Å²) in [7, 11) is 0. The van der Waals surface area contributed by atoms with Crippen LogP contribution in [-0.4, -0.2) is 39.0 Å². The number of esters is 1. The highest BCUT2D eigenvalue weighted by Crippen LogP contribution is 1.93. The minimum absolute atomic E-state index is 0.0592. The molecule has 0 bridgehead atoms. The molecule has 15 heavy (non-hydrogen) atoms. The minimum Gasteiger partial charge on any atom is -0.464 e. The molecule has 0 aromatic carbocycles. The molecular formula is C11H22O4. The summed E-state index contributed by atoms with van der Waals surface area (Å²) in [4.78, 5) is 10.8. The lowest BCUT2D eigenvalue weighted by atomic mass is 10.3. The van der Waals surface area contributed by atoms with Gasteiger partial charge in [-0.1, -0.05) is 6.92 Å². The molecule has 0 saturated heterocycles. The molecule has 0 saturated carbocycles. The van der Waals surface area contributed by atoms with E-state index in [2.05, 4.69) is 6.92 Å². The molecule has 0 aliphatic rings. The Hall–Kier alpha value is -0.610. The number of carbonyl (C=O) groups is 1. The Morgan fingerprint density at radius 3 is 2.27 bits per heavy atom. The molecule has 0 rings (SSSR count). The number of unbranched alkanes of at least 4 members (excludes halogenated alkanes) is 1. The predicted molar refractivity (Wildman–Crippen MR) is 57.8 cm³/mol. The van der Waals surface area contributed by atoms with Crippen molar-refractivity contribution in [3.63, 3.8) is 0 Å². The molecule has 90 valence electrons. The second-order valence-electron chi connectivity index (χ2n) is 3.18. The number of carbonyl (C=O) groups excluding carboxylic acids is 1. The fourth-order valence-electron chi connectivity index (χ4n) is 1.01. The largest absolute Gasteiger partial charge is 0.464 e. The third-order valence-corrected chi connectivity index (χ3v) is 1.70. The highest BCUT2D eigenvalue weighted by molar-refractivity contribution is 5.70. The maximum absolute atomic E-state index is 10.8. The Balaban J connectivity index is 3.01. The van der Waals surface area contributed by atoms with E-state index in [1.165, 1.54) is 0 Å². The van der Waals surface area contributed by atoms with Gasteiger partial charge in [0.1, 0.15) is 6.61 Å². The van der Waals surface area contributed by atoms with Gasteiger partial charge in [-0.3, -0.25) is 0 Å². The maximum atomic E-state index is 10.8. The molecule has 0 fully saturated rings. The quantitative estimate of drug-likeness (QED) is 0.414. The van der Waals surface area contributed by atoms with Crippen LogP contribution < -0.4 is 0 Å². The summed E-state index contributed by atoms with van der Waals surface area (Å²) < 4.78 is 15.1. The molecule has 0 radical (unpaired) electrons. The van der Waals surface area contributed by atoms with Gasteiger partial charge < -0.3 is 14.2 Å². The zero-order valence-electron chi connectivity index (χ0n) is 9.79. The topological polar surface area (TPSA) is 44.8 Å².